The monoisotopic (exact) mass is 599 g/mol. The van der Waals surface area contributed by atoms with Crippen molar-refractivity contribution >= 4 is 30.3 Å². The van der Waals surface area contributed by atoms with Crippen LogP contribution in [0.2, 0.25) is 18.1 Å². The first kappa shape index (κ1) is 34.2. The number of pyridine rings is 1. The summed E-state index contributed by atoms with van der Waals surface area (Å²) in [5, 5.41) is 0.130. The van der Waals surface area contributed by atoms with Gasteiger partial charge in [-0.1, -0.05) is 20.8 Å². The number of ether oxygens (including phenoxy) is 3. The highest BCUT2D eigenvalue weighted by atomic mass is 32.2. The molecule has 1 aromatic rings. The third-order valence-electron chi connectivity index (χ3n) is 7.17. The first-order valence-corrected chi connectivity index (χ1v) is 18.3. The molecule has 0 spiro atoms. The maximum Gasteiger partial charge on any atom is 0.443 e. The first-order valence-electron chi connectivity index (χ1n) is 13.9. The van der Waals surface area contributed by atoms with Gasteiger partial charge in [0.05, 0.1) is 13.2 Å². The summed E-state index contributed by atoms with van der Waals surface area (Å²) in [5.74, 6) is -0.423. The van der Waals surface area contributed by atoms with Crippen LogP contribution < -0.4 is 4.74 Å². The summed E-state index contributed by atoms with van der Waals surface area (Å²) in [6.45, 7) is 20.8. The molecule has 0 radical (unpaired) electrons. The van der Waals surface area contributed by atoms with Crippen molar-refractivity contribution in [1.29, 1.82) is 0 Å². The Kier molecular flexibility index (Phi) is 11.4. The summed E-state index contributed by atoms with van der Waals surface area (Å²) in [6.07, 6.45) is 1.20. The van der Waals surface area contributed by atoms with Gasteiger partial charge in [-0.3, -0.25) is 4.79 Å². The summed E-state index contributed by atoms with van der Waals surface area (Å²) in [6, 6.07) is 2.46. The van der Waals surface area contributed by atoms with E-state index in [4.69, 9.17) is 18.6 Å². The van der Waals surface area contributed by atoms with Gasteiger partial charge in [0.1, 0.15) is 16.5 Å². The van der Waals surface area contributed by atoms with Gasteiger partial charge in [0, 0.05) is 18.8 Å². The normalized spacial score (nSPS) is 19.0. The topological polar surface area (TPSA) is 117 Å². The number of rotatable bonds is 10. The van der Waals surface area contributed by atoms with Crippen LogP contribution in [0.4, 0.5) is 4.79 Å². The lowest BCUT2D eigenvalue weighted by atomic mass is 10.2. The van der Waals surface area contributed by atoms with Crippen LogP contribution in [-0.2, 0) is 28.6 Å². The number of aromatic nitrogens is 1. The van der Waals surface area contributed by atoms with Crippen LogP contribution >= 0.6 is 0 Å². The molecule has 0 saturated carbocycles. The maximum atomic E-state index is 14.8. The molecule has 0 aromatic carbocycles. The summed E-state index contributed by atoms with van der Waals surface area (Å²) in [5.41, 5.74) is -0.198. The summed E-state index contributed by atoms with van der Waals surface area (Å²) in [4.78, 5) is 30.2. The minimum atomic E-state index is -3.70. The minimum absolute atomic E-state index is 0.116. The fourth-order valence-corrected chi connectivity index (χ4v) is 7.25. The van der Waals surface area contributed by atoms with Crippen molar-refractivity contribution in [1.82, 2.24) is 9.29 Å². The average Bonchev–Trinajstić information content (AvgIpc) is 3.30. The second kappa shape index (κ2) is 13.3. The molecule has 1 aliphatic heterocycles. The van der Waals surface area contributed by atoms with Gasteiger partial charge in [-0.15, -0.1) is 4.36 Å². The van der Waals surface area contributed by atoms with E-state index < -0.39 is 41.9 Å². The number of hydrogen-bond acceptors (Lipinski definition) is 8. The van der Waals surface area contributed by atoms with Crippen LogP contribution in [0.5, 0.6) is 5.88 Å². The van der Waals surface area contributed by atoms with E-state index in [0.29, 0.717) is 31.6 Å². The minimum Gasteiger partial charge on any atom is -0.474 e. The zero-order valence-electron chi connectivity index (χ0n) is 26.2. The molecule has 0 N–H and O–H groups in total. The Bertz CT molecular complexity index is 1170. The van der Waals surface area contributed by atoms with Gasteiger partial charge in [-0.2, -0.15) is 4.31 Å². The molecule has 1 fully saturated rings. The van der Waals surface area contributed by atoms with Crippen LogP contribution in [0.25, 0.3) is 0 Å². The predicted molar refractivity (Wildman–Crippen MR) is 158 cm³/mol. The fourth-order valence-electron chi connectivity index (χ4n) is 3.99. The standard InChI is InChI=1S/C28H49N3O7SSi/c1-20-16-17-23(24(29-20)37-21(2)14-13-19-36-40(10,11)28(6,7)8)39(34,30-26(33)38-27(3,4)5)31-18-12-15-22(31)25(32)35-9/h16-17,21-22H,12-15,18-19H2,1-11H3/t21-,22+,39-/m1/s1. The summed E-state index contributed by atoms with van der Waals surface area (Å²) in [7, 11) is -4.27. The van der Waals surface area contributed by atoms with Gasteiger partial charge >= 0.3 is 12.1 Å². The van der Waals surface area contributed by atoms with Gasteiger partial charge in [-0.05, 0) is 90.6 Å². The maximum absolute atomic E-state index is 14.8. The highest BCUT2D eigenvalue weighted by molar-refractivity contribution is 7.91. The Morgan fingerprint density at radius 3 is 2.42 bits per heavy atom. The predicted octanol–water partition coefficient (Wildman–Crippen LogP) is 6.27. The van der Waals surface area contributed by atoms with Crippen molar-refractivity contribution in [3.63, 3.8) is 0 Å². The first-order chi connectivity index (χ1) is 18.3. The quantitative estimate of drug-likeness (QED) is 0.175. The number of nitrogens with zero attached hydrogens (tertiary/aromatic N) is 3. The van der Waals surface area contributed by atoms with E-state index in [9.17, 15) is 13.8 Å². The third-order valence-corrected chi connectivity index (χ3v) is 14.1. The van der Waals surface area contributed by atoms with E-state index in [0.717, 1.165) is 6.42 Å². The number of aryl methyl sites for hydroxylation is 1. The van der Waals surface area contributed by atoms with Crippen LogP contribution in [0.3, 0.4) is 0 Å². The Morgan fingerprint density at radius 1 is 1.20 bits per heavy atom. The molecule has 228 valence electrons. The van der Waals surface area contributed by atoms with Crippen LogP contribution in [0.15, 0.2) is 21.4 Å². The lowest BCUT2D eigenvalue weighted by Crippen LogP contribution is -2.41. The van der Waals surface area contributed by atoms with Gasteiger partial charge < -0.3 is 18.6 Å². The third kappa shape index (κ3) is 8.99. The number of esters is 1. The fraction of sp³-hybridized carbons (Fsp3) is 0.750. The van der Waals surface area contributed by atoms with Crippen molar-refractivity contribution in [3.05, 3.63) is 17.8 Å². The molecule has 1 saturated heterocycles. The van der Waals surface area contributed by atoms with Gasteiger partial charge in [0.2, 0.25) is 5.88 Å². The molecular formula is C28H49N3O7SSi. The molecule has 10 nitrogen and oxygen atoms in total. The second-order valence-electron chi connectivity index (χ2n) is 12.8. The van der Waals surface area contributed by atoms with E-state index in [1.165, 1.54) is 11.4 Å². The number of carbonyl (C=O) groups is 2. The number of hydrogen-bond donors (Lipinski definition) is 0. The Morgan fingerprint density at radius 2 is 1.85 bits per heavy atom. The highest BCUT2D eigenvalue weighted by Crippen LogP contribution is 2.37. The molecule has 3 atom stereocenters. The van der Waals surface area contributed by atoms with Crippen LogP contribution in [0.1, 0.15) is 79.8 Å². The van der Waals surface area contributed by atoms with Crippen LogP contribution in [-0.4, -0.2) is 71.9 Å². The van der Waals surface area contributed by atoms with Crippen molar-refractivity contribution in [3.8, 4) is 5.88 Å². The lowest BCUT2D eigenvalue weighted by Gasteiger charge is -2.36. The largest absolute Gasteiger partial charge is 0.474 e. The molecule has 12 heteroatoms. The number of methoxy groups -OCH3 is 1. The van der Waals surface area contributed by atoms with E-state index in [2.05, 4.69) is 43.2 Å². The number of carbonyl (C=O) groups excluding carboxylic acids is 2. The molecule has 40 heavy (non-hydrogen) atoms. The Balaban J connectivity index is 2.41. The Labute approximate surface area is 241 Å². The molecule has 2 rings (SSSR count). The lowest BCUT2D eigenvalue weighted by molar-refractivity contribution is -0.144. The van der Waals surface area contributed by atoms with Gasteiger partial charge in [0.25, 0.3) is 0 Å². The van der Waals surface area contributed by atoms with Crippen LogP contribution in [0, 0.1) is 6.92 Å². The van der Waals surface area contributed by atoms with E-state index >= 15 is 0 Å². The van der Waals surface area contributed by atoms with E-state index in [1.807, 2.05) is 6.92 Å². The van der Waals surface area contributed by atoms with Crippen molar-refractivity contribution in [2.45, 2.75) is 122 Å². The SMILES string of the molecule is COC(=O)[C@@H]1CCCN1[S@](=O)(=NC(=O)OC(C)(C)C)c1ccc(C)nc1O[C@H](C)CCCO[Si](C)(C)C(C)(C)C. The molecule has 1 aliphatic rings. The molecular weight excluding hydrogens is 550 g/mol. The molecule has 1 aromatic heterocycles. The average molecular weight is 600 g/mol. The molecule has 0 aliphatic carbocycles. The van der Waals surface area contributed by atoms with E-state index in [1.54, 1.807) is 39.8 Å². The zero-order valence-corrected chi connectivity index (χ0v) is 28.0. The highest BCUT2D eigenvalue weighted by Gasteiger charge is 2.42. The van der Waals surface area contributed by atoms with Crippen molar-refractivity contribution in [2.24, 2.45) is 4.36 Å². The molecule has 0 unspecified atom stereocenters. The molecule has 1 amide bonds. The summed E-state index contributed by atoms with van der Waals surface area (Å²) < 4.78 is 43.2. The van der Waals surface area contributed by atoms with Crippen molar-refractivity contribution in [2.75, 3.05) is 20.3 Å². The summed E-state index contributed by atoms with van der Waals surface area (Å²) >= 11 is 0. The smallest absolute Gasteiger partial charge is 0.443 e. The second-order valence-corrected chi connectivity index (χ2v) is 19.7. The molecule has 0 bridgehead atoms. The van der Waals surface area contributed by atoms with Crippen molar-refractivity contribution < 1.29 is 32.4 Å². The zero-order chi connectivity index (χ0) is 30.5. The van der Waals surface area contributed by atoms with Gasteiger partial charge in [0.15, 0.2) is 18.2 Å². The molecule has 2 heterocycles. The number of amides is 1. The van der Waals surface area contributed by atoms with Gasteiger partial charge in [-0.25, -0.2) is 14.0 Å². The Hall–Kier alpha value is -2.02. The van der Waals surface area contributed by atoms with E-state index in [-0.39, 0.29) is 28.5 Å².